The van der Waals surface area contributed by atoms with E-state index in [9.17, 15) is 4.79 Å². The molecule has 2 unspecified atom stereocenters. The van der Waals surface area contributed by atoms with E-state index in [1.807, 2.05) is 39.0 Å². The molecule has 0 bridgehead atoms. The molecular formula is C20H30Cl2N4O2. The van der Waals surface area contributed by atoms with Crippen molar-refractivity contribution in [2.75, 3.05) is 11.9 Å². The summed E-state index contributed by atoms with van der Waals surface area (Å²) < 4.78 is 5.71. The van der Waals surface area contributed by atoms with E-state index in [0.29, 0.717) is 18.9 Å². The lowest BCUT2D eigenvalue weighted by atomic mass is 9.54. The Balaban J connectivity index is 0.00000140. The van der Waals surface area contributed by atoms with E-state index in [4.69, 9.17) is 10.5 Å². The Kier molecular flexibility index (Phi) is 6.71. The predicted molar refractivity (Wildman–Crippen MR) is 117 cm³/mol. The summed E-state index contributed by atoms with van der Waals surface area (Å²) in [5, 5.41) is 2.99. The first-order chi connectivity index (χ1) is 12.3. The van der Waals surface area contributed by atoms with Crippen LogP contribution in [-0.2, 0) is 9.53 Å². The van der Waals surface area contributed by atoms with Crippen molar-refractivity contribution in [3.05, 3.63) is 24.0 Å². The second-order valence-corrected chi connectivity index (χ2v) is 8.28. The number of aromatic nitrogens is 2. The lowest BCUT2D eigenvalue weighted by Crippen LogP contribution is -2.74. The average molecular weight is 429 g/mol. The Hall–Kier alpha value is -1.34. The number of rotatable bonds is 5. The molecular weight excluding hydrogens is 399 g/mol. The summed E-state index contributed by atoms with van der Waals surface area (Å²) in [5.74, 6) is 1.46. The second-order valence-electron chi connectivity index (χ2n) is 8.28. The summed E-state index contributed by atoms with van der Waals surface area (Å²) in [6.45, 7) is 6.59. The number of halogens is 2. The van der Waals surface area contributed by atoms with Crippen LogP contribution in [0.3, 0.4) is 0 Å². The van der Waals surface area contributed by atoms with Gasteiger partial charge in [-0.3, -0.25) is 4.79 Å². The van der Waals surface area contributed by atoms with Crippen LogP contribution in [0, 0.1) is 5.41 Å². The first kappa shape index (κ1) is 22.9. The normalized spacial score (nSPS) is 25.8. The molecule has 0 saturated heterocycles. The van der Waals surface area contributed by atoms with Gasteiger partial charge >= 0.3 is 0 Å². The first-order valence-corrected chi connectivity index (χ1v) is 9.57. The zero-order chi connectivity index (χ0) is 18.5. The van der Waals surface area contributed by atoms with Gasteiger partial charge in [0.25, 0.3) is 0 Å². The summed E-state index contributed by atoms with van der Waals surface area (Å²) >= 11 is 0. The fraction of sp³-hybridized carbons (Fsp3) is 0.600. The van der Waals surface area contributed by atoms with E-state index >= 15 is 0 Å². The highest BCUT2D eigenvalue weighted by Crippen LogP contribution is 2.50. The quantitative estimate of drug-likeness (QED) is 0.666. The third-order valence-corrected chi connectivity index (χ3v) is 6.49. The van der Waals surface area contributed by atoms with Crippen LogP contribution in [-0.4, -0.2) is 34.1 Å². The van der Waals surface area contributed by atoms with E-state index < -0.39 is 11.0 Å². The Morgan fingerprint density at radius 2 is 2.07 bits per heavy atom. The van der Waals surface area contributed by atoms with Crippen molar-refractivity contribution in [2.45, 2.75) is 64.0 Å². The van der Waals surface area contributed by atoms with Gasteiger partial charge in [-0.1, -0.05) is 20.3 Å². The average Bonchev–Trinajstić information content (AvgIpc) is 2.95. The number of carbonyl (C=O) groups excluding carboxylic acids is 1. The zero-order valence-electron chi connectivity index (χ0n) is 16.6. The minimum atomic E-state index is -0.924. The summed E-state index contributed by atoms with van der Waals surface area (Å²) in [6, 6.07) is 5.78. The van der Waals surface area contributed by atoms with Gasteiger partial charge in [0.2, 0.25) is 5.91 Å². The van der Waals surface area contributed by atoms with Crippen LogP contribution in [0.1, 0.15) is 58.2 Å². The van der Waals surface area contributed by atoms with E-state index in [2.05, 4.69) is 15.3 Å². The smallest absolute Gasteiger partial charge is 0.245 e. The lowest BCUT2D eigenvalue weighted by Gasteiger charge is -2.57. The van der Waals surface area contributed by atoms with Gasteiger partial charge in [-0.25, -0.2) is 4.98 Å². The Bertz CT molecular complexity index is 850. The fourth-order valence-electron chi connectivity index (χ4n) is 4.05. The van der Waals surface area contributed by atoms with Gasteiger partial charge in [0.05, 0.1) is 17.1 Å². The highest BCUT2D eigenvalue weighted by molar-refractivity contribution is 6.00. The molecule has 28 heavy (non-hydrogen) atoms. The summed E-state index contributed by atoms with van der Waals surface area (Å²) in [5.41, 5.74) is 7.77. The molecule has 0 spiro atoms. The molecule has 6 nitrogen and oxygen atoms in total. The molecule has 1 aromatic heterocycles. The Morgan fingerprint density at radius 3 is 2.64 bits per heavy atom. The minimum absolute atomic E-state index is 0. The van der Waals surface area contributed by atoms with Crippen LogP contribution in [0.2, 0.25) is 0 Å². The van der Waals surface area contributed by atoms with Gasteiger partial charge in [0, 0.05) is 30.0 Å². The van der Waals surface area contributed by atoms with Crippen LogP contribution in [0.5, 0.6) is 0 Å². The standard InChI is InChI=1S/C20H28N4O2.2ClH/c1-4-26-16-11-20(21,19(16,2)3)18(25)22-13-8-9-14-15(10-13)24-17(23-14)12-6-5-7-12;;/h8-10,12,16H,4-7,11,21H2,1-3H3,(H,22,25)(H,23,24);2*1H. The number of anilines is 1. The lowest BCUT2D eigenvalue weighted by molar-refractivity contribution is -0.166. The van der Waals surface area contributed by atoms with Crippen molar-refractivity contribution >= 4 is 47.4 Å². The topological polar surface area (TPSA) is 93.0 Å². The van der Waals surface area contributed by atoms with Gasteiger partial charge in [0.1, 0.15) is 11.4 Å². The summed E-state index contributed by atoms with van der Waals surface area (Å²) in [4.78, 5) is 20.9. The minimum Gasteiger partial charge on any atom is -0.378 e. The largest absolute Gasteiger partial charge is 0.378 e. The molecule has 4 rings (SSSR count). The highest BCUT2D eigenvalue weighted by atomic mass is 35.5. The van der Waals surface area contributed by atoms with E-state index in [0.717, 1.165) is 22.5 Å². The van der Waals surface area contributed by atoms with Crippen LogP contribution < -0.4 is 11.1 Å². The number of carbonyl (C=O) groups is 1. The monoisotopic (exact) mass is 428 g/mol. The number of aromatic amines is 1. The number of fused-ring (bicyclic) bond motifs is 1. The molecule has 1 aromatic carbocycles. The van der Waals surface area contributed by atoms with E-state index in [1.54, 1.807) is 0 Å². The molecule has 1 heterocycles. The van der Waals surface area contributed by atoms with Gasteiger partial charge in [-0.05, 0) is 38.0 Å². The summed E-state index contributed by atoms with van der Waals surface area (Å²) in [6.07, 6.45) is 4.24. The van der Waals surface area contributed by atoms with Gasteiger partial charge < -0.3 is 20.8 Å². The molecule has 2 saturated carbocycles. The predicted octanol–water partition coefficient (Wildman–Crippen LogP) is 4.15. The first-order valence-electron chi connectivity index (χ1n) is 9.57. The summed E-state index contributed by atoms with van der Waals surface area (Å²) in [7, 11) is 0. The van der Waals surface area contributed by atoms with Crippen LogP contribution in [0.15, 0.2) is 18.2 Å². The molecule has 4 N–H and O–H groups in total. The fourth-order valence-corrected chi connectivity index (χ4v) is 4.05. The SMILES string of the molecule is CCOC1CC(N)(C(=O)Nc2ccc3nc(C4CCC4)[nH]c3c2)C1(C)C.Cl.Cl. The van der Waals surface area contributed by atoms with Crippen molar-refractivity contribution in [2.24, 2.45) is 11.1 Å². The van der Waals surface area contributed by atoms with Crippen LogP contribution in [0.25, 0.3) is 11.0 Å². The number of ether oxygens (including phenoxy) is 1. The maximum Gasteiger partial charge on any atom is 0.245 e. The van der Waals surface area contributed by atoms with Crippen molar-refractivity contribution in [3.8, 4) is 0 Å². The third-order valence-electron chi connectivity index (χ3n) is 6.49. The molecule has 2 aromatic rings. The molecule has 2 aliphatic rings. The number of amides is 1. The van der Waals surface area contributed by atoms with Crippen molar-refractivity contribution in [1.29, 1.82) is 0 Å². The van der Waals surface area contributed by atoms with E-state index in [1.165, 1.54) is 19.3 Å². The number of nitrogens with zero attached hydrogens (tertiary/aromatic N) is 1. The number of hydrogen-bond acceptors (Lipinski definition) is 4. The van der Waals surface area contributed by atoms with Crippen molar-refractivity contribution in [1.82, 2.24) is 9.97 Å². The number of benzene rings is 1. The third kappa shape index (κ3) is 3.52. The van der Waals surface area contributed by atoms with Crippen molar-refractivity contribution in [3.63, 3.8) is 0 Å². The molecule has 8 heteroatoms. The molecule has 2 atom stereocenters. The van der Waals surface area contributed by atoms with Gasteiger partial charge in [-0.15, -0.1) is 24.8 Å². The Labute approximate surface area is 178 Å². The van der Waals surface area contributed by atoms with Crippen LogP contribution in [0.4, 0.5) is 5.69 Å². The zero-order valence-corrected chi connectivity index (χ0v) is 18.2. The van der Waals surface area contributed by atoms with Crippen LogP contribution >= 0.6 is 24.8 Å². The molecule has 2 fully saturated rings. The second kappa shape index (κ2) is 8.19. The number of nitrogens with one attached hydrogen (secondary N) is 2. The number of nitrogens with two attached hydrogens (primary N) is 1. The van der Waals surface area contributed by atoms with Crippen molar-refractivity contribution < 1.29 is 9.53 Å². The number of imidazole rings is 1. The molecule has 2 aliphatic carbocycles. The number of hydrogen-bond donors (Lipinski definition) is 3. The van der Waals surface area contributed by atoms with E-state index in [-0.39, 0.29) is 36.8 Å². The maximum atomic E-state index is 12.9. The number of H-pyrrole nitrogens is 1. The molecule has 0 aliphatic heterocycles. The highest BCUT2D eigenvalue weighted by Gasteiger charge is 2.62. The Morgan fingerprint density at radius 1 is 1.36 bits per heavy atom. The van der Waals surface area contributed by atoms with Gasteiger partial charge in [0.15, 0.2) is 0 Å². The maximum absolute atomic E-state index is 12.9. The molecule has 0 radical (unpaired) electrons. The molecule has 1 amide bonds. The molecule has 156 valence electrons. The van der Waals surface area contributed by atoms with Gasteiger partial charge in [-0.2, -0.15) is 0 Å².